The average Bonchev–Trinajstić information content (AvgIpc) is 2.83. The molecule has 0 spiro atoms. The highest BCUT2D eigenvalue weighted by atomic mass is 19.1. The molecule has 0 aliphatic carbocycles. The lowest BCUT2D eigenvalue weighted by Gasteiger charge is -2.14. The number of aromatic hydroxyl groups is 1. The van der Waals surface area contributed by atoms with Crippen molar-refractivity contribution in [2.45, 2.75) is 26.1 Å². The van der Waals surface area contributed by atoms with Gasteiger partial charge >= 0.3 is 0 Å². The number of halogens is 1. The zero-order chi connectivity index (χ0) is 13.0. The molecule has 2 rings (SSSR count). The van der Waals surface area contributed by atoms with Crippen molar-refractivity contribution in [1.29, 1.82) is 0 Å². The fourth-order valence-corrected chi connectivity index (χ4v) is 1.73. The second kappa shape index (κ2) is 5.64. The second-order valence-corrected chi connectivity index (χ2v) is 4.33. The lowest BCUT2D eigenvalue weighted by Crippen LogP contribution is -2.29. The minimum atomic E-state index is -0.587. The Hall–Kier alpha value is -1.88. The van der Waals surface area contributed by atoms with Gasteiger partial charge < -0.3 is 15.0 Å². The molecule has 1 aromatic carbocycles. The Morgan fingerprint density at radius 2 is 2.33 bits per heavy atom. The first kappa shape index (κ1) is 12.6. The Morgan fingerprint density at radius 1 is 1.50 bits per heavy atom. The summed E-state index contributed by atoms with van der Waals surface area (Å²) in [7, 11) is 0. The first-order chi connectivity index (χ1) is 8.65. The van der Waals surface area contributed by atoms with Gasteiger partial charge in [-0.1, -0.05) is 6.07 Å². The smallest absolute Gasteiger partial charge is 0.165 e. The second-order valence-electron chi connectivity index (χ2n) is 4.33. The number of nitrogens with one attached hydrogen (secondary N) is 1. The standard InChI is InChI=1S/C13H16FN3O/c1-10(8-17-5-4-15-9-17)16-7-11-2-3-13(18)12(14)6-11/h2-6,9-10,16,18H,7-8H2,1H3. The van der Waals surface area contributed by atoms with Gasteiger partial charge in [-0.2, -0.15) is 0 Å². The van der Waals surface area contributed by atoms with Crippen molar-refractivity contribution < 1.29 is 9.50 Å². The number of benzene rings is 1. The van der Waals surface area contributed by atoms with E-state index in [0.717, 1.165) is 12.1 Å². The largest absolute Gasteiger partial charge is 0.505 e. The van der Waals surface area contributed by atoms with Crippen LogP contribution in [-0.4, -0.2) is 20.7 Å². The van der Waals surface area contributed by atoms with Gasteiger partial charge in [-0.15, -0.1) is 0 Å². The van der Waals surface area contributed by atoms with Crippen molar-refractivity contribution in [3.8, 4) is 5.75 Å². The zero-order valence-electron chi connectivity index (χ0n) is 10.2. The molecule has 2 aromatic rings. The molecule has 2 N–H and O–H groups in total. The van der Waals surface area contributed by atoms with Crippen molar-refractivity contribution in [1.82, 2.24) is 14.9 Å². The van der Waals surface area contributed by atoms with Crippen LogP contribution in [0.1, 0.15) is 12.5 Å². The van der Waals surface area contributed by atoms with Crippen LogP contribution in [0.2, 0.25) is 0 Å². The molecule has 0 saturated heterocycles. The van der Waals surface area contributed by atoms with Gasteiger partial charge in [0.25, 0.3) is 0 Å². The molecule has 0 saturated carbocycles. The van der Waals surface area contributed by atoms with E-state index in [9.17, 15) is 4.39 Å². The number of phenols is 1. The van der Waals surface area contributed by atoms with Crippen LogP contribution in [0.15, 0.2) is 36.9 Å². The number of imidazole rings is 1. The van der Waals surface area contributed by atoms with Gasteiger partial charge in [0.1, 0.15) is 0 Å². The number of nitrogens with zero attached hydrogens (tertiary/aromatic N) is 2. The van der Waals surface area contributed by atoms with Crippen molar-refractivity contribution in [3.05, 3.63) is 48.3 Å². The van der Waals surface area contributed by atoms with Crippen molar-refractivity contribution in [3.63, 3.8) is 0 Å². The molecule has 18 heavy (non-hydrogen) atoms. The zero-order valence-corrected chi connectivity index (χ0v) is 10.2. The van der Waals surface area contributed by atoms with E-state index in [2.05, 4.69) is 17.2 Å². The summed E-state index contributed by atoms with van der Waals surface area (Å²) in [5.74, 6) is -0.901. The van der Waals surface area contributed by atoms with E-state index in [1.54, 1.807) is 18.6 Å². The molecular weight excluding hydrogens is 233 g/mol. The van der Waals surface area contributed by atoms with Gasteiger partial charge in [0.2, 0.25) is 0 Å². The van der Waals surface area contributed by atoms with Crippen LogP contribution in [0.25, 0.3) is 0 Å². The van der Waals surface area contributed by atoms with Gasteiger partial charge in [0.05, 0.1) is 6.33 Å². The summed E-state index contributed by atoms with van der Waals surface area (Å²) >= 11 is 0. The Morgan fingerprint density at radius 3 is 3.00 bits per heavy atom. The van der Waals surface area contributed by atoms with Crippen LogP contribution >= 0.6 is 0 Å². The molecule has 5 heteroatoms. The number of rotatable bonds is 5. The summed E-state index contributed by atoms with van der Waals surface area (Å²) in [6.45, 7) is 3.42. The molecule has 0 bridgehead atoms. The fourth-order valence-electron chi connectivity index (χ4n) is 1.73. The molecule has 1 heterocycles. The molecule has 0 fully saturated rings. The highest BCUT2D eigenvalue weighted by Gasteiger charge is 2.05. The molecule has 0 aliphatic heterocycles. The van der Waals surface area contributed by atoms with Crippen LogP contribution in [-0.2, 0) is 13.1 Å². The molecule has 1 aromatic heterocycles. The summed E-state index contributed by atoms with van der Waals surface area (Å²) in [6.07, 6.45) is 5.40. The highest BCUT2D eigenvalue weighted by Crippen LogP contribution is 2.16. The molecular formula is C13H16FN3O. The van der Waals surface area contributed by atoms with Crippen LogP contribution in [0.4, 0.5) is 4.39 Å². The van der Waals surface area contributed by atoms with Crippen molar-refractivity contribution in [2.75, 3.05) is 0 Å². The Bertz CT molecular complexity index is 499. The Balaban J connectivity index is 1.85. The maximum Gasteiger partial charge on any atom is 0.165 e. The topological polar surface area (TPSA) is 50.1 Å². The molecule has 0 radical (unpaired) electrons. The van der Waals surface area contributed by atoms with Crippen LogP contribution in [0.5, 0.6) is 5.75 Å². The quantitative estimate of drug-likeness (QED) is 0.851. The SMILES string of the molecule is CC(Cn1ccnc1)NCc1ccc(O)c(F)c1. The van der Waals surface area contributed by atoms with E-state index in [1.807, 2.05) is 10.8 Å². The summed E-state index contributed by atoms with van der Waals surface area (Å²) in [6, 6.07) is 4.66. The van der Waals surface area contributed by atoms with E-state index in [-0.39, 0.29) is 11.8 Å². The van der Waals surface area contributed by atoms with Crippen LogP contribution in [0.3, 0.4) is 0 Å². The van der Waals surface area contributed by atoms with Gasteiger partial charge in [-0.25, -0.2) is 9.37 Å². The van der Waals surface area contributed by atoms with E-state index in [0.29, 0.717) is 6.54 Å². The van der Waals surface area contributed by atoms with E-state index in [1.165, 1.54) is 12.1 Å². The van der Waals surface area contributed by atoms with Crippen molar-refractivity contribution in [2.24, 2.45) is 0 Å². The average molecular weight is 249 g/mol. The van der Waals surface area contributed by atoms with Gasteiger partial charge in [-0.3, -0.25) is 0 Å². The lowest BCUT2D eigenvalue weighted by molar-refractivity contribution is 0.430. The predicted octanol–water partition coefficient (Wildman–Crippen LogP) is 1.91. The Kier molecular flexibility index (Phi) is 3.94. The maximum atomic E-state index is 13.1. The van der Waals surface area contributed by atoms with E-state index < -0.39 is 5.82 Å². The minimum Gasteiger partial charge on any atom is -0.505 e. The molecule has 0 amide bonds. The first-order valence-electron chi connectivity index (χ1n) is 5.81. The number of hydrogen-bond acceptors (Lipinski definition) is 3. The molecule has 96 valence electrons. The fraction of sp³-hybridized carbons (Fsp3) is 0.308. The van der Waals surface area contributed by atoms with E-state index >= 15 is 0 Å². The summed E-state index contributed by atoms with van der Waals surface area (Å²) < 4.78 is 15.1. The van der Waals surface area contributed by atoms with Crippen molar-refractivity contribution >= 4 is 0 Å². The molecule has 1 unspecified atom stereocenters. The maximum absolute atomic E-state index is 13.1. The normalized spacial score (nSPS) is 12.6. The minimum absolute atomic E-state index is 0.246. The lowest BCUT2D eigenvalue weighted by atomic mass is 10.2. The number of phenolic OH excluding ortho intramolecular Hbond substituents is 1. The molecule has 1 atom stereocenters. The third-order valence-electron chi connectivity index (χ3n) is 2.71. The number of hydrogen-bond donors (Lipinski definition) is 2. The van der Waals surface area contributed by atoms with Crippen LogP contribution < -0.4 is 5.32 Å². The predicted molar refractivity (Wildman–Crippen MR) is 66.6 cm³/mol. The molecule has 4 nitrogen and oxygen atoms in total. The first-order valence-corrected chi connectivity index (χ1v) is 5.81. The third kappa shape index (κ3) is 3.30. The summed E-state index contributed by atoms with van der Waals surface area (Å²) in [5, 5.41) is 12.4. The summed E-state index contributed by atoms with van der Waals surface area (Å²) in [5.41, 5.74) is 0.808. The van der Waals surface area contributed by atoms with E-state index in [4.69, 9.17) is 5.11 Å². The molecule has 0 aliphatic rings. The van der Waals surface area contributed by atoms with Crippen LogP contribution in [0, 0.1) is 5.82 Å². The Labute approximate surface area is 105 Å². The highest BCUT2D eigenvalue weighted by molar-refractivity contribution is 5.27. The number of aromatic nitrogens is 2. The van der Waals surface area contributed by atoms with Gasteiger partial charge in [0.15, 0.2) is 11.6 Å². The van der Waals surface area contributed by atoms with Gasteiger partial charge in [0, 0.05) is 31.5 Å². The monoisotopic (exact) mass is 249 g/mol. The van der Waals surface area contributed by atoms with Gasteiger partial charge in [-0.05, 0) is 24.6 Å². The third-order valence-corrected chi connectivity index (χ3v) is 2.71. The summed E-state index contributed by atoms with van der Waals surface area (Å²) in [4.78, 5) is 3.97.